The van der Waals surface area contributed by atoms with Gasteiger partial charge in [-0.3, -0.25) is 4.57 Å². The molecule has 3 aromatic rings. The largest absolute Gasteiger partial charge is 0.473 e. The molecule has 8 heteroatoms. The van der Waals surface area contributed by atoms with Gasteiger partial charge in [0.15, 0.2) is 5.58 Å². The quantitative estimate of drug-likeness (QED) is 0.463. The molecule has 0 saturated heterocycles. The maximum Gasteiger partial charge on any atom is 0.419 e. The maximum absolute atomic E-state index is 11.9. The fourth-order valence-corrected chi connectivity index (χ4v) is 2.85. The number of aromatic nitrogens is 1. The first-order valence-corrected chi connectivity index (χ1v) is 9.15. The molecular formula is C21H24N2O6. The Morgan fingerprint density at radius 2 is 1.59 bits per heavy atom. The fourth-order valence-electron chi connectivity index (χ4n) is 2.85. The van der Waals surface area contributed by atoms with E-state index >= 15 is 0 Å². The van der Waals surface area contributed by atoms with Crippen molar-refractivity contribution in [3.63, 3.8) is 0 Å². The van der Waals surface area contributed by atoms with Gasteiger partial charge in [0.2, 0.25) is 0 Å². The van der Waals surface area contributed by atoms with Gasteiger partial charge in [-0.2, -0.15) is 0 Å². The zero-order valence-electron chi connectivity index (χ0n) is 16.2. The van der Waals surface area contributed by atoms with Gasteiger partial charge in [-0.05, 0) is 44.1 Å². The number of para-hydroxylation sites is 2. The summed E-state index contributed by atoms with van der Waals surface area (Å²) in [7, 11) is 2.13. The van der Waals surface area contributed by atoms with E-state index in [9.17, 15) is 4.79 Å². The van der Waals surface area contributed by atoms with Gasteiger partial charge in [0.05, 0.1) is 5.52 Å². The number of unbranched alkanes of at least 4 members (excludes halogenated alkanes) is 1. The van der Waals surface area contributed by atoms with E-state index in [4.69, 9.17) is 24.2 Å². The van der Waals surface area contributed by atoms with E-state index in [0.29, 0.717) is 12.1 Å². The lowest BCUT2D eigenvalue weighted by Gasteiger charge is -2.16. The molecule has 0 bridgehead atoms. The molecule has 0 aliphatic heterocycles. The SMILES string of the molecule is CN(CCCCn1c(=O)oc2ccccc21)Cc1ccccc1.O=C(O)C(=O)O. The van der Waals surface area contributed by atoms with E-state index in [1.54, 1.807) is 4.57 Å². The van der Waals surface area contributed by atoms with Crippen molar-refractivity contribution in [3.05, 3.63) is 70.7 Å². The molecule has 2 aromatic carbocycles. The van der Waals surface area contributed by atoms with Gasteiger partial charge < -0.3 is 19.5 Å². The van der Waals surface area contributed by atoms with E-state index in [1.807, 2.05) is 30.3 Å². The molecule has 3 rings (SSSR count). The summed E-state index contributed by atoms with van der Waals surface area (Å²) in [6.45, 7) is 2.67. The van der Waals surface area contributed by atoms with Gasteiger partial charge >= 0.3 is 17.7 Å². The first-order chi connectivity index (χ1) is 13.9. The van der Waals surface area contributed by atoms with Gasteiger partial charge in [-0.25, -0.2) is 14.4 Å². The second kappa shape index (κ2) is 10.8. The Morgan fingerprint density at radius 3 is 2.24 bits per heavy atom. The fraction of sp³-hybridized carbons (Fsp3) is 0.286. The van der Waals surface area contributed by atoms with Crippen LogP contribution in [0.4, 0.5) is 0 Å². The molecule has 0 spiro atoms. The van der Waals surface area contributed by atoms with Crippen LogP contribution in [-0.2, 0) is 22.7 Å². The number of benzene rings is 2. The molecule has 0 unspecified atom stereocenters. The first kappa shape index (κ1) is 21.9. The molecule has 0 aliphatic carbocycles. The molecule has 0 radical (unpaired) electrons. The van der Waals surface area contributed by atoms with Crippen molar-refractivity contribution in [2.75, 3.05) is 13.6 Å². The number of aryl methyl sites for hydroxylation is 1. The number of aliphatic carboxylic acids is 2. The third-order valence-electron chi connectivity index (χ3n) is 4.22. The minimum Gasteiger partial charge on any atom is -0.473 e. The van der Waals surface area contributed by atoms with Crippen LogP contribution >= 0.6 is 0 Å². The van der Waals surface area contributed by atoms with Crippen molar-refractivity contribution in [3.8, 4) is 0 Å². The second-order valence-corrected chi connectivity index (χ2v) is 6.53. The molecule has 1 aromatic heterocycles. The summed E-state index contributed by atoms with van der Waals surface area (Å²) in [4.78, 5) is 32.4. The van der Waals surface area contributed by atoms with E-state index in [1.165, 1.54) is 5.56 Å². The van der Waals surface area contributed by atoms with Crippen LogP contribution in [0.15, 0.2) is 63.8 Å². The number of carbonyl (C=O) groups is 2. The Labute approximate surface area is 167 Å². The van der Waals surface area contributed by atoms with Crippen LogP contribution in [0.1, 0.15) is 18.4 Å². The zero-order valence-corrected chi connectivity index (χ0v) is 16.2. The topological polar surface area (TPSA) is 113 Å². The number of nitrogens with zero attached hydrogens (tertiary/aromatic N) is 2. The average Bonchev–Trinajstić information content (AvgIpc) is 3.01. The zero-order chi connectivity index (χ0) is 21.2. The lowest BCUT2D eigenvalue weighted by atomic mass is 10.2. The van der Waals surface area contributed by atoms with E-state index in [0.717, 1.165) is 31.4 Å². The van der Waals surface area contributed by atoms with Crippen molar-refractivity contribution >= 4 is 23.0 Å². The van der Waals surface area contributed by atoms with Crippen molar-refractivity contribution in [1.82, 2.24) is 9.47 Å². The highest BCUT2D eigenvalue weighted by Gasteiger charge is 2.08. The molecule has 0 fully saturated rings. The summed E-state index contributed by atoms with van der Waals surface area (Å²) in [5.41, 5.74) is 2.88. The molecule has 8 nitrogen and oxygen atoms in total. The molecule has 0 aliphatic rings. The molecule has 29 heavy (non-hydrogen) atoms. The average molecular weight is 400 g/mol. The Morgan fingerprint density at radius 1 is 0.966 bits per heavy atom. The van der Waals surface area contributed by atoms with E-state index in [-0.39, 0.29) is 5.76 Å². The van der Waals surface area contributed by atoms with Crippen LogP contribution < -0.4 is 5.76 Å². The maximum atomic E-state index is 11.9. The lowest BCUT2D eigenvalue weighted by Crippen LogP contribution is -2.20. The van der Waals surface area contributed by atoms with Crippen molar-refractivity contribution in [1.29, 1.82) is 0 Å². The van der Waals surface area contributed by atoms with Gasteiger partial charge in [0.1, 0.15) is 0 Å². The number of carboxylic acids is 2. The highest BCUT2D eigenvalue weighted by atomic mass is 16.4. The highest BCUT2D eigenvalue weighted by Crippen LogP contribution is 2.12. The molecule has 1 heterocycles. The van der Waals surface area contributed by atoms with Gasteiger partial charge in [0.25, 0.3) is 0 Å². The summed E-state index contributed by atoms with van der Waals surface area (Å²) in [6.07, 6.45) is 2.01. The Kier molecular flexibility index (Phi) is 8.17. The van der Waals surface area contributed by atoms with Crippen molar-refractivity contribution in [2.45, 2.75) is 25.9 Å². The number of oxazole rings is 1. The highest BCUT2D eigenvalue weighted by molar-refractivity contribution is 6.27. The summed E-state index contributed by atoms with van der Waals surface area (Å²) < 4.78 is 6.98. The smallest absolute Gasteiger partial charge is 0.419 e. The number of rotatable bonds is 7. The van der Waals surface area contributed by atoms with Crippen molar-refractivity contribution < 1.29 is 24.2 Å². The van der Waals surface area contributed by atoms with Gasteiger partial charge in [-0.15, -0.1) is 0 Å². The minimum absolute atomic E-state index is 0.260. The third kappa shape index (κ3) is 6.93. The Balaban J connectivity index is 0.000000438. The lowest BCUT2D eigenvalue weighted by molar-refractivity contribution is -0.159. The Bertz CT molecular complexity index is 981. The summed E-state index contributed by atoms with van der Waals surface area (Å²) in [5.74, 6) is -3.91. The first-order valence-electron chi connectivity index (χ1n) is 9.15. The predicted octanol–water partition coefficient (Wildman–Crippen LogP) is 2.66. The molecule has 0 saturated carbocycles. The number of carboxylic acid groups (broad SMARTS) is 2. The third-order valence-corrected chi connectivity index (χ3v) is 4.22. The van der Waals surface area contributed by atoms with Gasteiger partial charge in [-0.1, -0.05) is 42.5 Å². The molecule has 2 N–H and O–H groups in total. The van der Waals surface area contributed by atoms with Crippen LogP contribution in [0.25, 0.3) is 11.1 Å². The van der Waals surface area contributed by atoms with Crippen LogP contribution in [0, 0.1) is 0 Å². The summed E-state index contributed by atoms with van der Waals surface area (Å²) >= 11 is 0. The molecular weight excluding hydrogens is 376 g/mol. The monoisotopic (exact) mass is 400 g/mol. The minimum atomic E-state index is -1.82. The number of fused-ring (bicyclic) bond motifs is 1. The standard InChI is InChI=1S/C19H22N2O2.C2H2O4/c1-20(15-16-9-3-2-4-10-16)13-7-8-14-21-17-11-5-6-12-18(17)23-19(21)22;3-1(4)2(5)6/h2-6,9-12H,7-8,13-15H2,1H3;(H,3,4)(H,5,6). The number of hydrogen-bond donors (Lipinski definition) is 2. The Hall–Kier alpha value is -3.39. The molecule has 0 atom stereocenters. The van der Waals surface area contributed by atoms with E-state index in [2.05, 4.69) is 36.2 Å². The van der Waals surface area contributed by atoms with Crippen molar-refractivity contribution in [2.24, 2.45) is 0 Å². The summed E-state index contributed by atoms with van der Waals surface area (Å²) in [6, 6.07) is 18.1. The van der Waals surface area contributed by atoms with Crippen LogP contribution in [0.2, 0.25) is 0 Å². The second-order valence-electron chi connectivity index (χ2n) is 6.53. The predicted molar refractivity (Wildman–Crippen MR) is 108 cm³/mol. The normalized spacial score (nSPS) is 10.6. The van der Waals surface area contributed by atoms with E-state index < -0.39 is 11.9 Å². The number of hydrogen-bond acceptors (Lipinski definition) is 5. The molecule has 154 valence electrons. The van der Waals surface area contributed by atoms with Crippen LogP contribution in [-0.4, -0.2) is 45.2 Å². The van der Waals surface area contributed by atoms with Gasteiger partial charge in [0, 0.05) is 13.1 Å². The van der Waals surface area contributed by atoms with Crippen LogP contribution in [0.3, 0.4) is 0 Å². The summed E-state index contributed by atoms with van der Waals surface area (Å²) in [5, 5.41) is 14.8. The molecule has 0 amide bonds. The van der Waals surface area contributed by atoms with Crippen LogP contribution in [0.5, 0.6) is 0 Å².